The van der Waals surface area contributed by atoms with Crippen molar-refractivity contribution < 1.29 is 23.1 Å². The maximum Gasteiger partial charge on any atom is 0.254 e. The minimum Gasteiger partial charge on any atom is -0.508 e. The third-order valence-corrected chi connectivity index (χ3v) is 5.32. The number of nitrogens with zero attached hydrogens (tertiary/aromatic N) is 1. The minimum atomic E-state index is -3.57. The molecule has 0 aliphatic carbocycles. The molecule has 1 aliphatic heterocycles. The summed E-state index contributed by atoms with van der Waals surface area (Å²) in [5.41, 5.74) is 0.322. The van der Waals surface area contributed by atoms with Crippen molar-refractivity contribution in [2.75, 3.05) is 19.7 Å². The Balaban J connectivity index is 2.07. The van der Waals surface area contributed by atoms with Crippen LogP contribution in [0.2, 0.25) is 0 Å². The fourth-order valence-electron chi connectivity index (χ4n) is 2.62. The molecule has 0 spiro atoms. The lowest BCUT2D eigenvalue weighted by molar-refractivity contribution is 0.0724. The molecule has 1 heterocycles. The molecule has 1 aromatic carbocycles. The van der Waals surface area contributed by atoms with E-state index in [2.05, 4.69) is 0 Å². The van der Waals surface area contributed by atoms with Crippen LogP contribution in [0.5, 0.6) is 11.5 Å². The predicted octanol–water partition coefficient (Wildman–Crippen LogP) is 1.32. The molecule has 24 heavy (non-hydrogen) atoms. The van der Waals surface area contributed by atoms with Gasteiger partial charge in [-0.3, -0.25) is 4.79 Å². The van der Waals surface area contributed by atoms with Gasteiger partial charge >= 0.3 is 0 Å². The number of hydrogen-bond donors (Lipinski definition) is 2. The van der Waals surface area contributed by atoms with Crippen molar-refractivity contribution in [3.63, 3.8) is 0 Å². The number of phenols is 1. The van der Waals surface area contributed by atoms with Gasteiger partial charge in [-0.05, 0) is 30.9 Å². The van der Waals surface area contributed by atoms with Gasteiger partial charge in [0.1, 0.15) is 11.5 Å². The zero-order valence-corrected chi connectivity index (χ0v) is 14.8. The van der Waals surface area contributed by atoms with E-state index in [4.69, 9.17) is 9.88 Å². The number of amides is 1. The highest BCUT2D eigenvalue weighted by atomic mass is 32.2. The fourth-order valence-corrected chi connectivity index (χ4v) is 3.49. The summed E-state index contributed by atoms with van der Waals surface area (Å²) in [5.74, 6) is 0.461. The van der Waals surface area contributed by atoms with E-state index in [-0.39, 0.29) is 11.7 Å². The molecule has 1 fully saturated rings. The smallest absolute Gasteiger partial charge is 0.254 e. The molecule has 3 N–H and O–H groups in total. The summed E-state index contributed by atoms with van der Waals surface area (Å²) in [6.07, 6.45) is 0.639. The number of sulfonamides is 1. The number of carbonyl (C=O) groups excluding carboxylic acids is 1. The highest BCUT2D eigenvalue weighted by Gasteiger charge is 2.29. The quantitative estimate of drug-likeness (QED) is 0.827. The van der Waals surface area contributed by atoms with Crippen LogP contribution in [0.15, 0.2) is 18.2 Å². The first-order valence-corrected chi connectivity index (χ1v) is 9.55. The molecule has 0 saturated carbocycles. The molecule has 2 rings (SSSR count). The standard InChI is InChI=1S/C16H24N2O5S/c1-11(2)10-23-14-8-12(7-13(19)9-14)16(20)18-5-3-15(4-6-18)24(17,21)22/h7-9,11,15,19H,3-6,10H2,1-2H3,(H2,17,21,22). The summed E-state index contributed by atoms with van der Waals surface area (Å²) in [7, 11) is -3.57. The number of ether oxygens (including phenoxy) is 1. The topological polar surface area (TPSA) is 110 Å². The van der Waals surface area contributed by atoms with Crippen LogP contribution < -0.4 is 9.88 Å². The van der Waals surface area contributed by atoms with Gasteiger partial charge in [0.2, 0.25) is 10.0 Å². The minimum absolute atomic E-state index is 0.0426. The second-order valence-electron chi connectivity index (χ2n) is 6.50. The van der Waals surface area contributed by atoms with Crippen molar-refractivity contribution in [3.05, 3.63) is 23.8 Å². The molecule has 0 atom stereocenters. The Labute approximate surface area is 142 Å². The molecule has 0 aromatic heterocycles. The van der Waals surface area contributed by atoms with Crippen molar-refractivity contribution in [1.29, 1.82) is 0 Å². The second kappa shape index (κ2) is 7.40. The first-order valence-electron chi connectivity index (χ1n) is 7.94. The van der Waals surface area contributed by atoms with Crippen molar-refractivity contribution in [2.24, 2.45) is 11.1 Å². The van der Waals surface area contributed by atoms with Crippen LogP contribution in [-0.2, 0) is 10.0 Å². The first kappa shape index (κ1) is 18.5. The summed E-state index contributed by atoms with van der Waals surface area (Å²) in [6, 6.07) is 4.44. The second-order valence-corrected chi connectivity index (χ2v) is 8.35. The van der Waals surface area contributed by atoms with Crippen LogP contribution in [0.4, 0.5) is 0 Å². The summed E-state index contributed by atoms with van der Waals surface area (Å²) in [5, 5.41) is 14.4. The van der Waals surface area contributed by atoms with Crippen molar-refractivity contribution in [3.8, 4) is 11.5 Å². The number of carbonyl (C=O) groups is 1. The van der Waals surface area contributed by atoms with E-state index in [1.165, 1.54) is 12.1 Å². The fraction of sp³-hybridized carbons (Fsp3) is 0.562. The zero-order valence-electron chi connectivity index (χ0n) is 13.9. The van der Waals surface area contributed by atoms with Gasteiger partial charge in [0, 0.05) is 24.7 Å². The van der Waals surface area contributed by atoms with Crippen LogP contribution in [0.3, 0.4) is 0 Å². The van der Waals surface area contributed by atoms with E-state index in [0.717, 1.165) is 0 Å². The van der Waals surface area contributed by atoms with Gasteiger partial charge in [-0.2, -0.15) is 0 Å². The molecule has 0 bridgehead atoms. The number of likely N-dealkylation sites (tertiary alicyclic amines) is 1. The number of hydrogen-bond acceptors (Lipinski definition) is 5. The summed E-state index contributed by atoms with van der Waals surface area (Å²) in [4.78, 5) is 14.1. The Morgan fingerprint density at radius 1 is 1.33 bits per heavy atom. The van der Waals surface area contributed by atoms with Crippen LogP contribution >= 0.6 is 0 Å². The number of benzene rings is 1. The van der Waals surface area contributed by atoms with Gasteiger partial charge in [0.15, 0.2) is 0 Å². The van der Waals surface area contributed by atoms with Gasteiger partial charge in [0.05, 0.1) is 11.9 Å². The lowest BCUT2D eigenvalue weighted by Crippen LogP contribution is -2.44. The predicted molar refractivity (Wildman–Crippen MR) is 90.5 cm³/mol. The van der Waals surface area contributed by atoms with E-state index in [1.807, 2.05) is 13.8 Å². The molecule has 134 valence electrons. The molecule has 1 amide bonds. The van der Waals surface area contributed by atoms with Crippen molar-refractivity contribution in [2.45, 2.75) is 31.9 Å². The van der Waals surface area contributed by atoms with E-state index < -0.39 is 15.3 Å². The number of piperidine rings is 1. The number of rotatable bonds is 5. The molecule has 7 nitrogen and oxygen atoms in total. The third-order valence-electron chi connectivity index (χ3n) is 3.92. The van der Waals surface area contributed by atoms with Crippen molar-refractivity contribution in [1.82, 2.24) is 4.90 Å². The van der Waals surface area contributed by atoms with Crippen LogP contribution in [0.1, 0.15) is 37.0 Å². The maximum atomic E-state index is 12.6. The third kappa shape index (κ3) is 4.85. The van der Waals surface area contributed by atoms with Crippen LogP contribution in [-0.4, -0.2) is 49.3 Å². The molecular weight excluding hydrogens is 332 g/mol. The van der Waals surface area contributed by atoms with Gasteiger partial charge in [-0.1, -0.05) is 13.8 Å². The van der Waals surface area contributed by atoms with E-state index in [9.17, 15) is 18.3 Å². The monoisotopic (exact) mass is 356 g/mol. The SMILES string of the molecule is CC(C)COc1cc(O)cc(C(=O)N2CCC(S(N)(=O)=O)CC2)c1. The van der Waals surface area contributed by atoms with Gasteiger partial charge < -0.3 is 14.7 Å². The number of nitrogens with two attached hydrogens (primary N) is 1. The van der Waals surface area contributed by atoms with E-state index >= 15 is 0 Å². The lowest BCUT2D eigenvalue weighted by atomic mass is 10.1. The average molecular weight is 356 g/mol. The zero-order chi connectivity index (χ0) is 17.9. The Morgan fingerprint density at radius 3 is 2.50 bits per heavy atom. The maximum absolute atomic E-state index is 12.6. The molecule has 0 radical (unpaired) electrons. The van der Waals surface area contributed by atoms with Crippen LogP contribution in [0.25, 0.3) is 0 Å². The average Bonchev–Trinajstić information content (AvgIpc) is 2.51. The first-order chi connectivity index (χ1) is 11.2. The van der Waals surface area contributed by atoms with Gasteiger partial charge in [-0.15, -0.1) is 0 Å². The Morgan fingerprint density at radius 2 is 1.96 bits per heavy atom. The van der Waals surface area contributed by atoms with Gasteiger partial charge in [-0.25, -0.2) is 13.6 Å². The molecule has 1 saturated heterocycles. The summed E-state index contributed by atoms with van der Waals surface area (Å²) in [6.45, 7) is 5.13. The van der Waals surface area contributed by atoms with E-state index in [1.54, 1.807) is 11.0 Å². The highest BCUT2D eigenvalue weighted by Crippen LogP contribution is 2.25. The number of phenolic OH excluding ortho intramolecular Hbond substituents is 1. The summed E-state index contributed by atoms with van der Waals surface area (Å²) >= 11 is 0. The largest absolute Gasteiger partial charge is 0.508 e. The van der Waals surface area contributed by atoms with Crippen LogP contribution in [0, 0.1) is 5.92 Å². The van der Waals surface area contributed by atoms with E-state index in [0.29, 0.717) is 49.8 Å². The Kier molecular flexibility index (Phi) is 5.71. The Bertz CT molecular complexity index is 694. The molecule has 0 unspecified atom stereocenters. The van der Waals surface area contributed by atoms with Gasteiger partial charge in [0.25, 0.3) is 5.91 Å². The molecule has 1 aliphatic rings. The van der Waals surface area contributed by atoms with Crippen molar-refractivity contribution >= 4 is 15.9 Å². The summed E-state index contributed by atoms with van der Waals surface area (Å²) < 4.78 is 28.3. The molecule has 8 heteroatoms. The Hall–Kier alpha value is -1.80. The molecular formula is C16H24N2O5S. The normalized spacial score (nSPS) is 16.4. The molecule has 1 aromatic rings. The number of aromatic hydroxyl groups is 1. The lowest BCUT2D eigenvalue weighted by Gasteiger charge is -2.31. The number of primary sulfonamides is 1. The highest BCUT2D eigenvalue weighted by molar-refractivity contribution is 7.89.